The molecule has 23 heavy (non-hydrogen) atoms. The van der Waals surface area contributed by atoms with Crippen molar-refractivity contribution in [2.45, 2.75) is 33.4 Å². The summed E-state index contributed by atoms with van der Waals surface area (Å²) >= 11 is 1.64. The van der Waals surface area contributed by atoms with Gasteiger partial charge in [-0.05, 0) is 30.5 Å². The summed E-state index contributed by atoms with van der Waals surface area (Å²) in [5.74, 6) is 0.705. The third-order valence-corrected chi connectivity index (χ3v) is 5.25. The molecule has 0 fully saturated rings. The number of nitrogens with one attached hydrogen (secondary N) is 1. The minimum absolute atomic E-state index is 0.208. The van der Waals surface area contributed by atoms with E-state index in [4.69, 9.17) is 4.42 Å². The second-order valence-electron chi connectivity index (χ2n) is 6.90. The van der Waals surface area contributed by atoms with Crippen molar-refractivity contribution in [3.63, 3.8) is 0 Å². The summed E-state index contributed by atoms with van der Waals surface area (Å²) in [6, 6.07) is 5.71. The van der Waals surface area contributed by atoms with Gasteiger partial charge in [-0.2, -0.15) is 0 Å². The second kappa shape index (κ2) is 6.04. The molecule has 0 spiro atoms. The van der Waals surface area contributed by atoms with Crippen molar-refractivity contribution in [3.8, 4) is 0 Å². The molecule has 0 bridgehead atoms. The maximum atomic E-state index is 11.9. The van der Waals surface area contributed by atoms with Crippen molar-refractivity contribution in [3.05, 3.63) is 45.3 Å². The predicted molar refractivity (Wildman–Crippen MR) is 97.3 cm³/mol. The Labute approximate surface area is 140 Å². The Morgan fingerprint density at radius 1 is 1.35 bits per heavy atom. The van der Waals surface area contributed by atoms with Crippen LogP contribution in [0.3, 0.4) is 0 Å². The Hall–Kier alpha value is -1.75. The van der Waals surface area contributed by atoms with E-state index in [9.17, 15) is 4.79 Å². The molecule has 5 heteroatoms. The van der Waals surface area contributed by atoms with Crippen molar-refractivity contribution in [2.75, 3.05) is 13.1 Å². The van der Waals surface area contributed by atoms with Gasteiger partial charge in [-0.25, -0.2) is 4.79 Å². The third-order valence-electron chi connectivity index (χ3n) is 4.25. The largest absolute Gasteiger partial charge is 0.422 e. The van der Waals surface area contributed by atoms with E-state index in [-0.39, 0.29) is 11.0 Å². The fourth-order valence-electron chi connectivity index (χ4n) is 2.60. The first kappa shape index (κ1) is 16.1. The average molecular weight is 330 g/mol. The molecule has 1 aliphatic rings. The van der Waals surface area contributed by atoms with Gasteiger partial charge in [0.05, 0.1) is 0 Å². The zero-order valence-corrected chi connectivity index (χ0v) is 14.8. The van der Waals surface area contributed by atoms with Crippen LogP contribution in [0, 0.1) is 19.3 Å². The molecule has 0 unspecified atom stereocenters. The highest BCUT2D eigenvalue weighted by Gasteiger charge is 2.22. The maximum Gasteiger partial charge on any atom is 0.336 e. The number of benzene rings is 1. The molecule has 4 nitrogen and oxygen atoms in total. The van der Waals surface area contributed by atoms with Crippen LogP contribution in [0.4, 0.5) is 0 Å². The van der Waals surface area contributed by atoms with E-state index in [1.54, 1.807) is 17.8 Å². The van der Waals surface area contributed by atoms with Crippen molar-refractivity contribution in [1.82, 2.24) is 5.32 Å². The Balaban J connectivity index is 1.88. The summed E-state index contributed by atoms with van der Waals surface area (Å²) < 4.78 is 5.42. The van der Waals surface area contributed by atoms with Crippen LogP contribution in [0.25, 0.3) is 11.0 Å². The topological polar surface area (TPSA) is 54.6 Å². The van der Waals surface area contributed by atoms with Gasteiger partial charge < -0.3 is 9.73 Å². The predicted octanol–water partition coefficient (Wildman–Crippen LogP) is 3.63. The van der Waals surface area contributed by atoms with Crippen molar-refractivity contribution in [1.29, 1.82) is 0 Å². The van der Waals surface area contributed by atoms with E-state index in [1.165, 1.54) is 0 Å². The maximum absolute atomic E-state index is 11.9. The van der Waals surface area contributed by atoms with Gasteiger partial charge in [-0.1, -0.05) is 37.7 Å². The zero-order valence-electron chi connectivity index (χ0n) is 14.0. The Bertz CT molecular complexity index is 837. The monoisotopic (exact) mass is 330 g/mol. The number of aliphatic imine (C=N–C) groups is 1. The number of amidine groups is 1. The standard InChI is InChI=1S/C18H22N2O2S/c1-11-5-6-14-13(7-15(21)22-16(14)12(11)2)8-23-17-19-9-18(3,4)10-20-17/h5-7H,8-10H2,1-4H3,(H,19,20). The summed E-state index contributed by atoms with van der Waals surface area (Å²) in [5, 5.41) is 5.34. The second-order valence-corrected chi connectivity index (χ2v) is 7.87. The number of fused-ring (bicyclic) bond motifs is 1. The minimum Gasteiger partial charge on any atom is -0.422 e. The molecular formula is C18H22N2O2S. The van der Waals surface area contributed by atoms with Crippen LogP contribution in [-0.4, -0.2) is 18.3 Å². The first-order valence-corrected chi connectivity index (χ1v) is 8.78. The lowest BCUT2D eigenvalue weighted by Gasteiger charge is -2.28. The highest BCUT2D eigenvalue weighted by molar-refractivity contribution is 8.13. The van der Waals surface area contributed by atoms with Crippen LogP contribution >= 0.6 is 11.8 Å². The first-order valence-electron chi connectivity index (χ1n) is 7.80. The van der Waals surface area contributed by atoms with Gasteiger partial charge in [0, 0.05) is 35.7 Å². The van der Waals surface area contributed by atoms with Gasteiger partial charge in [0.1, 0.15) is 5.58 Å². The van der Waals surface area contributed by atoms with Gasteiger partial charge in [0.25, 0.3) is 0 Å². The highest BCUT2D eigenvalue weighted by Crippen LogP contribution is 2.27. The lowest BCUT2D eigenvalue weighted by Crippen LogP contribution is -2.39. The number of hydrogen-bond donors (Lipinski definition) is 1. The fraction of sp³-hybridized carbons (Fsp3) is 0.444. The minimum atomic E-state index is -0.290. The van der Waals surface area contributed by atoms with E-state index >= 15 is 0 Å². The molecule has 1 N–H and O–H groups in total. The highest BCUT2D eigenvalue weighted by atomic mass is 32.2. The molecule has 3 rings (SSSR count). The number of aryl methyl sites for hydroxylation is 2. The summed E-state index contributed by atoms with van der Waals surface area (Å²) in [7, 11) is 0. The van der Waals surface area contributed by atoms with Crippen LogP contribution in [-0.2, 0) is 5.75 Å². The van der Waals surface area contributed by atoms with Crippen LogP contribution < -0.4 is 10.9 Å². The van der Waals surface area contributed by atoms with Crippen molar-refractivity contribution < 1.29 is 4.42 Å². The Morgan fingerprint density at radius 2 is 2.13 bits per heavy atom. The Kier molecular flexibility index (Phi) is 4.23. The lowest BCUT2D eigenvalue weighted by molar-refractivity contribution is 0.364. The molecule has 0 saturated carbocycles. The molecular weight excluding hydrogens is 308 g/mol. The molecule has 0 amide bonds. The summed E-state index contributed by atoms with van der Waals surface area (Å²) in [6.07, 6.45) is 0. The molecule has 1 aromatic carbocycles. The van der Waals surface area contributed by atoms with E-state index < -0.39 is 0 Å². The molecule has 1 aromatic heterocycles. The first-order chi connectivity index (χ1) is 10.9. The van der Waals surface area contributed by atoms with Crippen LogP contribution in [0.1, 0.15) is 30.5 Å². The number of thioether (sulfide) groups is 1. The van der Waals surface area contributed by atoms with Crippen LogP contribution in [0.2, 0.25) is 0 Å². The Morgan fingerprint density at radius 3 is 2.83 bits per heavy atom. The van der Waals surface area contributed by atoms with E-state index in [1.807, 2.05) is 19.9 Å². The van der Waals surface area contributed by atoms with E-state index in [2.05, 4.69) is 30.2 Å². The molecule has 0 atom stereocenters. The summed E-state index contributed by atoms with van der Waals surface area (Å²) in [6.45, 7) is 10.2. The molecule has 122 valence electrons. The quantitative estimate of drug-likeness (QED) is 0.854. The van der Waals surface area contributed by atoms with Gasteiger partial charge >= 0.3 is 5.63 Å². The number of hydrogen-bond acceptors (Lipinski definition) is 5. The zero-order chi connectivity index (χ0) is 16.6. The molecule has 0 radical (unpaired) electrons. The molecule has 2 aromatic rings. The van der Waals surface area contributed by atoms with Gasteiger partial charge in [0.2, 0.25) is 0 Å². The molecule has 0 saturated heterocycles. The van der Waals surface area contributed by atoms with Crippen LogP contribution in [0.15, 0.2) is 32.4 Å². The normalized spacial score (nSPS) is 17.0. The van der Waals surface area contributed by atoms with Crippen LogP contribution in [0.5, 0.6) is 0 Å². The molecule has 1 aliphatic heterocycles. The fourth-order valence-corrected chi connectivity index (χ4v) is 3.46. The third kappa shape index (κ3) is 3.44. The van der Waals surface area contributed by atoms with E-state index in [0.717, 1.165) is 40.3 Å². The smallest absolute Gasteiger partial charge is 0.336 e. The summed E-state index contributed by atoms with van der Waals surface area (Å²) in [4.78, 5) is 16.5. The lowest BCUT2D eigenvalue weighted by atomic mass is 9.93. The number of nitrogens with zero attached hydrogens (tertiary/aromatic N) is 1. The van der Waals surface area contributed by atoms with Crippen molar-refractivity contribution >= 4 is 27.9 Å². The van der Waals surface area contributed by atoms with E-state index in [0.29, 0.717) is 11.3 Å². The van der Waals surface area contributed by atoms with Crippen molar-refractivity contribution in [2.24, 2.45) is 10.4 Å². The van der Waals surface area contributed by atoms with Gasteiger partial charge in [-0.3, -0.25) is 4.99 Å². The average Bonchev–Trinajstić information content (AvgIpc) is 2.50. The molecule has 2 heterocycles. The number of rotatable bonds is 2. The molecule has 0 aliphatic carbocycles. The van der Waals surface area contributed by atoms with Gasteiger partial charge in [0.15, 0.2) is 5.17 Å². The van der Waals surface area contributed by atoms with Gasteiger partial charge in [-0.15, -0.1) is 0 Å². The SMILES string of the molecule is Cc1ccc2c(CSC3=NCC(C)(C)CN3)cc(=O)oc2c1C. The summed E-state index contributed by atoms with van der Waals surface area (Å²) in [5.41, 5.74) is 3.78.